The SMILES string of the molecule is COCCC1(C(C(=O)OC)C(=O)OC)C=CC(OC)=CC1. The smallest absolute Gasteiger partial charge is 0.320 e. The van der Waals surface area contributed by atoms with E-state index >= 15 is 0 Å². The third-order valence-corrected chi connectivity index (χ3v) is 3.72. The summed E-state index contributed by atoms with van der Waals surface area (Å²) in [4.78, 5) is 24.2. The summed E-state index contributed by atoms with van der Waals surface area (Å²) in [5.74, 6) is -1.57. The van der Waals surface area contributed by atoms with Crippen molar-refractivity contribution in [3.05, 3.63) is 24.0 Å². The average molecular weight is 298 g/mol. The lowest BCUT2D eigenvalue weighted by Gasteiger charge is -2.36. The Bertz CT molecular complexity index is 423. The molecule has 6 heteroatoms. The number of hydrogen-bond donors (Lipinski definition) is 0. The van der Waals surface area contributed by atoms with Crippen LogP contribution in [-0.4, -0.2) is 47.0 Å². The molecule has 0 saturated carbocycles. The van der Waals surface area contributed by atoms with Crippen molar-refractivity contribution in [1.29, 1.82) is 0 Å². The summed E-state index contributed by atoms with van der Waals surface area (Å²) >= 11 is 0. The Labute approximate surface area is 124 Å². The van der Waals surface area contributed by atoms with E-state index in [1.165, 1.54) is 14.2 Å². The molecule has 0 aliphatic heterocycles. The molecule has 0 aromatic heterocycles. The highest BCUT2D eigenvalue weighted by molar-refractivity contribution is 5.96. The van der Waals surface area contributed by atoms with Gasteiger partial charge in [0.15, 0.2) is 5.92 Å². The molecule has 1 atom stereocenters. The third-order valence-electron chi connectivity index (χ3n) is 3.72. The molecule has 0 spiro atoms. The van der Waals surface area contributed by atoms with Gasteiger partial charge in [0.1, 0.15) is 5.76 Å². The largest absolute Gasteiger partial charge is 0.497 e. The van der Waals surface area contributed by atoms with Gasteiger partial charge in [-0.05, 0) is 25.0 Å². The minimum absolute atomic E-state index is 0.408. The normalized spacial score (nSPS) is 20.9. The van der Waals surface area contributed by atoms with Crippen LogP contribution in [0, 0.1) is 11.3 Å². The van der Waals surface area contributed by atoms with Crippen molar-refractivity contribution in [3.63, 3.8) is 0 Å². The van der Waals surface area contributed by atoms with Crippen molar-refractivity contribution >= 4 is 11.9 Å². The molecule has 0 heterocycles. The van der Waals surface area contributed by atoms with Gasteiger partial charge in [0.2, 0.25) is 0 Å². The number of methoxy groups -OCH3 is 4. The molecule has 0 bridgehead atoms. The summed E-state index contributed by atoms with van der Waals surface area (Å²) < 4.78 is 19.8. The molecule has 0 radical (unpaired) electrons. The molecule has 0 saturated heterocycles. The Hall–Kier alpha value is -1.82. The van der Waals surface area contributed by atoms with Gasteiger partial charge in [-0.25, -0.2) is 0 Å². The number of allylic oxidation sites excluding steroid dienone is 3. The fourth-order valence-electron chi connectivity index (χ4n) is 2.46. The quantitative estimate of drug-likeness (QED) is 0.523. The van der Waals surface area contributed by atoms with Crippen LogP contribution in [0.15, 0.2) is 24.0 Å². The summed E-state index contributed by atoms with van der Waals surface area (Å²) in [5.41, 5.74) is -0.738. The van der Waals surface area contributed by atoms with Crippen molar-refractivity contribution < 1.29 is 28.5 Å². The van der Waals surface area contributed by atoms with Gasteiger partial charge in [-0.1, -0.05) is 6.08 Å². The van der Waals surface area contributed by atoms with Gasteiger partial charge in [0.25, 0.3) is 0 Å². The fraction of sp³-hybridized carbons (Fsp3) is 0.600. The van der Waals surface area contributed by atoms with E-state index in [9.17, 15) is 9.59 Å². The number of carbonyl (C=O) groups is 2. The van der Waals surface area contributed by atoms with Crippen molar-refractivity contribution in [2.45, 2.75) is 12.8 Å². The van der Waals surface area contributed by atoms with Crippen LogP contribution >= 0.6 is 0 Å². The topological polar surface area (TPSA) is 71.1 Å². The Morgan fingerprint density at radius 2 is 1.81 bits per heavy atom. The monoisotopic (exact) mass is 298 g/mol. The Morgan fingerprint density at radius 3 is 2.19 bits per heavy atom. The van der Waals surface area contributed by atoms with Crippen LogP contribution in [-0.2, 0) is 28.5 Å². The average Bonchev–Trinajstić information content (AvgIpc) is 2.53. The highest BCUT2D eigenvalue weighted by atomic mass is 16.5. The number of hydrogen-bond acceptors (Lipinski definition) is 6. The maximum atomic E-state index is 12.1. The van der Waals surface area contributed by atoms with E-state index in [0.29, 0.717) is 25.2 Å². The minimum Gasteiger partial charge on any atom is -0.497 e. The Balaban J connectivity index is 3.15. The van der Waals surface area contributed by atoms with Crippen LogP contribution in [0.2, 0.25) is 0 Å². The molecule has 0 N–H and O–H groups in total. The molecule has 118 valence electrons. The van der Waals surface area contributed by atoms with Crippen molar-refractivity contribution in [1.82, 2.24) is 0 Å². The molecule has 1 rings (SSSR count). The summed E-state index contributed by atoms with van der Waals surface area (Å²) in [7, 11) is 5.65. The molecule has 0 aromatic carbocycles. The molecule has 21 heavy (non-hydrogen) atoms. The van der Waals surface area contributed by atoms with Crippen molar-refractivity contribution in [2.24, 2.45) is 11.3 Å². The summed E-state index contributed by atoms with van der Waals surface area (Å²) in [6.45, 7) is 0.408. The van der Waals surface area contributed by atoms with Gasteiger partial charge in [0.05, 0.1) is 21.3 Å². The molecule has 0 fully saturated rings. The van der Waals surface area contributed by atoms with Crippen molar-refractivity contribution in [2.75, 3.05) is 35.0 Å². The molecule has 6 nitrogen and oxygen atoms in total. The van der Waals surface area contributed by atoms with E-state index < -0.39 is 23.3 Å². The number of esters is 2. The highest BCUT2D eigenvalue weighted by Crippen LogP contribution is 2.42. The second-order valence-electron chi connectivity index (χ2n) is 4.80. The lowest BCUT2D eigenvalue weighted by molar-refractivity contribution is -0.164. The fourth-order valence-corrected chi connectivity index (χ4v) is 2.46. The predicted molar refractivity (Wildman–Crippen MR) is 75.3 cm³/mol. The molecule has 0 amide bonds. The van der Waals surface area contributed by atoms with Gasteiger partial charge < -0.3 is 18.9 Å². The van der Waals surface area contributed by atoms with E-state index in [1.54, 1.807) is 20.3 Å². The lowest BCUT2D eigenvalue weighted by Crippen LogP contribution is -2.42. The van der Waals surface area contributed by atoms with Gasteiger partial charge >= 0.3 is 11.9 Å². The molecule has 1 aliphatic carbocycles. The number of rotatable bonds is 7. The van der Waals surface area contributed by atoms with Crippen LogP contribution in [0.4, 0.5) is 0 Å². The summed E-state index contributed by atoms with van der Waals surface area (Å²) in [6.07, 6.45) is 6.35. The third kappa shape index (κ3) is 3.85. The molecule has 0 aromatic rings. The minimum atomic E-state index is -1.03. The van der Waals surface area contributed by atoms with Gasteiger partial charge in [-0.2, -0.15) is 0 Å². The first-order valence-corrected chi connectivity index (χ1v) is 6.62. The second kappa shape index (κ2) is 7.83. The zero-order valence-corrected chi connectivity index (χ0v) is 12.9. The van der Waals surface area contributed by atoms with Crippen LogP contribution in [0.1, 0.15) is 12.8 Å². The van der Waals surface area contributed by atoms with Crippen LogP contribution in [0.25, 0.3) is 0 Å². The maximum absolute atomic E-state index is 12.1. The first-order valence-electron chi connectivity index (χ1n) is 6.62. The van der Waals surface area contributed by atoms with E-state index in [4.69, 9.17) is 18.9 Å². The molecular weight excluding hydrogens is 276 g/mol. The Kier molecular flexibility index (Phi) is 6.42. The standard InChI is InChI=1S/C15H22O6/c1-18-10-9-15(7-5-11(19-2)6-8-15)12(13(16)20-3)14(17)21-4/h5-7,12H,8-10H2,1-4H3. The first kappa shape index (κ1) is 17.2. The van der Waals surface area contributed by atoms with Gasteiger partial charge in [-0.15, -0.1) is 0 Å². The lowest BCUT2D eigenvalue weighted by atomic mass is 9.68. The van der Waals surface area contributed by atoms with Crippen LogP contribution in [0.3, 0.4) is 0 Å². The second-order valence-corrected chi connectivity index (χ2v) is 4.80. The molecule has 1 unspecified atom stereocenters. The first-order chi connectivity index (χ1) is 10.0. The van der Waals surface area contributed by atoms with E-state index in [0.717, 1.165) is 0 Å². The van der Waals surface area contributed by atoms with Gasteiger partial charge in [0, 0.05) is 19.1 Å². The van der Waals surface area contributed by atoms with E-state index in [-0.39, 0.29) is 0 Å². The van der Waals surface area contributed by atoms with Gasteiger partial charge in [-0.3, -0.25) is 9.59 Å². The predicted octanol–water partition coefficient (Wildman–Crippen LogP) is 1.46. The Morgan fingerprint density at radius 1 is 1.19 bits per heavy atom. The molecule has 1 aliphatic rings. The van der Waals surface area contributed by atoms with E-state index in [2.05, 4.69) is 0 Å². The molecular formula is C15H22O6. The highest BCUT2D eigenvalue weighted by Gasteiger charge is 2.47. The summed E-state index contributed by atoms with van der Waals surface area (Å²) in [5, 5.41) is 0. The van der Waals surface area contributed by atoms with Crippen molar-refractivity contribution in [3.8, 4) is 0 Å². The number of ether oxygens (including phenoxy) is 4. The van der Waals surface area contributed by atoms with Crippen LogP contribution < -0.4 is 0 Å². The summed E-state index contributed by atoms with van der Waals surface area (Å²) in [6, 6.07) is 0. The zero-order valence-electron chi connectivity index (χ0n) is 12.9. The van der Waals surface area contributed by atoms with Crippen LogP contribution in [0.5, 0.6) is 0 Å². The zero-order chi connectivity index (χ0) is 15.9. The number of carbonyl (C=O) groups excluding carboxylic acids is 2. The van der Waals surface area contributed by atoms with E-state index in [1.807, 2.05) is 12.2 Å². The maximum Gasteiger partial charge on any atom is 0.320 e.